The van der Waals surface area contributed by atoms with Crippen molar-refractivity contribution in [1.29, 1.82) is 0 Å². The number of benzene rings is 1. The van der Waals surface area contributed by atoms with Gasteiger partial charge in [-0.2, -0.15) is 0 Å². The smallest absolute Gasteiger partial charge is 0.0580 e. The van der Waals surface area contributed by atoms with Gasteiger partial charge in [-0.25, -0.2) is 0 Å². The molecule has 1 aromatic carbocycles. The summed E-state index contributed by atoms with van der Waals surface area (Å²) in [5, 5.41) is 9.93. The summed E-state index contributed by atoms with van der Waals surface area (Å²) in [5.74, 6) is 0.675. The molecule has 0 aromatic heterocycles. The second-order valence-corrected chi connectivity index (χ2v) is 5.33. The summed E-state index contributed by atoms with van der Waals surface area (Å²) in [4.78, 5) is 0. The summed E-state index contributed by atoms with van der Waals surface area (Å²) >= 11 is 0. The first-order valence-corrected chi connectivity index (χ1v) is 6.22. The van der Waals surface area contributed by atoms with Crippen molar-refractivity contribution in [1.82, 2.24) is 0 Å². The van der Waals surface area contributed by atoms with Crippen LogP contribution in [0.3, 0.4) is 0 Å². The van der Waals surface area contributed by atoms with Gasteiger partial charge >= 0.3 is 0 Å². The summed E-state index contributed by atoms with van der Waals surface area (Å²) in [6.45, 7) is 8.61. The normalized spacial score (nSPS) is 13.1. The van der Waals surface area contributed by atoms with E-state index >= 15 is 0 Å². The van der Waals surface area contributed by atoms with Gasteiger partial charge in [-0.05, 0) is 44.6 Å². The molecule has 1 aromatic rings. The first kappa shape index (κ1) is 13.2. The fourth-order valence-corrected chi connectivity index (χ4v) is 2.09. The molecular weight excluding hydrogens is 196 g/mol. The third kappa shape index (κ3) is 4.80. The van der Waals surface area contributed by atoms with Crippen LogP contribution in [0.15, 0.2) is 18.2 Å². The van der Waals surface area contributed by atoms with E-state index < -0.39 is 0 Å². The Bertz CT molecular complexity index is 308. The molecule has 1 atom stereocenters. The van der Waals surface area contributed by atoms with Gasteiger partial charge in [0.15, 0.2) is 0 Å². The molecule has 0 aliphatic carbocycles. The summed E-state index contributed by atoms with van der Waals surface area (Å²) in [5.41, 5.74) is 3.82. The van der Waals surface area contributed by atoms with E-state index in [0.29, 0.717) is 5.92 Å². The fraction of sp³-hybridized carbons (Fsp3) is 0.600. The highest BCUT2D eigenvalue weighted by atomic mass is 16.3. The Morgan fingerprint density at radius 3 is 2.06 bits per heavy atom. The lowest BCUT2D eigenvalue weighted by Gasteiger charge is -2.13. The predicted molar refractivity (Wildman–Crippen MR) is 69.7 cm³/mol. The third-order valence-corrected chi connectivity index (χ3v) is 2.83. The molecule has 0 fully saturated rings. The molecule has 1 unspecified atom stereocenters. The summed E-state index contributed by atoms with van der Waals surface area (Å²) < 4.78 is 0. The lowest BCUT2D eigenvalue weighted by Crippen LogP contribution is -2.11. The zero-order valence-corrected chi connectivity index (χ0v) is 11.0. The van der Waals surface area contributed by atoms with Gasteiger partial charge in [-0.3, -0.25) is 0 Å². The molecule has 0 amide bonds. The molecule has 0 aliphatic rings. The topological polar surface area (TPSA) is 20.2 Å². The number of aliphatic hydroxyl groups excluding tert-OH is 1. The molecule has 0 spiro atoms. The number of hydrogen-bond acceptors (Lipinski definition) is 1. The van der Waals surface area contributed by atoms with Crippen molar-refractivity contribution >= 4 is 0 Å². The predicted octanol–water partition coefficient (Wildman–Crippen LogP) is 3.64. The zero-order valence-electron chi connectivity index (χ0n) is 11.0. The zero-order chi connectivity index (χ0) is 12.1. The molecule has 0 saturated carbocycles. The lowest BCUT2D eigenvalue weighted by atomic mass is 9.98. The second-order valence-electron chi connectivity index (χ2n) is 5.33. The van der Waals surface area contributed by atoms with E-state index in [0.717, 1.165) is 19.3 Å². The van der Waals surface area contributed by atoms with Crippen molar-refractivity contribution < 1.29 is 5.11 Å². The molecule has 1 rings (SSSR count). The maximum absolute atomic E-state index is 9.93. The molecule has 0 aliphatic heterocycles. The molecule has 16 heavy (non-hydrogen) atoms. The van der Waals surface area contributed by atoms with Gasteiger partial charge in [0, 0.05) is 0 Å². The van der Waals surface area contributed by atoms with E-state index in [1.54, 1.807) is 0 Å². The third-order valence-electron chi connectivity index (χ3n) is 2.83. The highest BCUT2D eigenvalue weighted by Crippen LogP contribution is 2.14. The molecule has 1 N–H and O–H groups in total. The average Bonchev–Trinajstić information content (AvgIpc) is 2.12. The van der Waals surface area contributed by atoms with Crippen LogP contribution in [0.2, 0.25) is 0 Å². The van der Waals surface area contributed by atoms with E-state index in [1.807, 2.05) is 0 Å². The minimum absolute atomic E-state index is 0.191. The molecule has 0 radical (unpaired) electrons. The lowest BCUT2D eigenvalue weighted by molar-refractivity contribution is 0.157. The van der Waals surface area contributed by atoms with Gasteiger partial charge < -0.3 is 5.11 Å². The van der Waals surface area contributed by atoms with Crippen molar-refractivity contribution in [2.45, 2.75) is 53.1 Å². The van der Waals surface area contributed by atoms with E-state index in [1.165, 1.54) is 16.7 Å². The number of rotatable bonds is 5. The Morgan fingerprint density at radius 1 is 1.00 bits per heavy atom. The average molecular weight is 220 g/mol. The largest absolute Gasteiger partial charge is 0.393 e. The van der Waals surface area contributed by atoms with Crippen molar-refractivity contribution in [3.8, 4) is 0 Å². The van der Waals surface area contributed by atoms with Crippen molar-refractivity contribution in [2.75, 3.05) is 0 Å². The van der Waals surface area contributed by atoms with Gasteiger partial charge in [0.1, 0.15) is 0 Å². The highest BCUT2D eigenvalue weighted by molar-refractivity contribution is 5.28. The maximum Gasteiger partial charge on any atom is 0.0580 e. The first-order chi connectivity index (χ1) is 7.47. The van der Waals surface area contributed by atoms with Crippen LogP contribution < -0.4 is 0 Å². The molecule has 1 heteroatoms. The van der Waals surface area contributed by atoms with Crippen LogP contribution in [-0.4, -0.2) is 11.2 Å². The fourth-order valence-electron chi connectivity index (χ4n) is 2.09. The van der Waals surface area contributed by atoms with E-state index in [9.17, 15) is 5.11 Å². The Hall–Kier alpha value is -0.820. The number of aliphatic hydroxyl groups is 1. The Morgan fingerprint density at radius 2 is 1.56 bits per heavy atom. The minimum atomic E-state index is -0.191. The second kappa shape index (κ2) is 6.05. The van der Waals surface area contributed by atoms with Gasteiger partial charge in [-0.1, -0.05) is 43.2 Å². The van der Waals surface area contributed by atoms with Crippen LogP contribution in [0.25, 0.3) is 0 Å². The van der Waals surface area contributed by atoms with Crippen LogP contribution in [-0.2, 0) is 6.42 Å². The SMILES string of the molecule is Cc1cc(C)cc(CC(O)CCC(C)C)c1. The van der Waals surface area contributed by atoms with E-state index in [4.69, 9.17) is 0 Å². The van der Waals surface area contributed by atoms with Crippen LogP contribution in [0, 0.1) is 19.8 Å². The van der Waals surface area contributed by atoms with Crippen LogP contribution in [0.5, 0.6) is 0 Å². The van der Waals surface area contributed by atoms with Crippen LogP contribution in [0.1, 0.15) is 43.4 Å². The summed E-state index contributed by atoms with van der Waals surface area (Å²) in [6.07, 6.45) is 2.61. The van der Waals surface area contributed by atoms with Crippen molar-refractivity contribution in [2.24, 2.45) is 5.92 Å². The Labute approximate surface area is 99.5 Å². The van der Waals surface area contributed by atoms with Gasteiger partial charge in [0.05, 0.1) is 6.10 Å². The van der Waals surface area contributed by atoms with Gasteiger partial charge in [0.25, 0.3) is 0 Å². The van der Waals surface area contributed by atoms with Gasteiger partial charge in [-0.15, -0.1) is 0 Å². The molecule has 90 valence electrons. The molecule has 0 saturated heterocycles. The van der Waals surface area contributed by atoms with Crippen molar-refractivity contribution in [3.63, 3.8) is 0 Å². The standard InChI is InChI=1S/C15H24O/c1-11(2)5-6-15(16)10-14-8-12(3)7-13(4)9-14/h7-9,11,15-16H,5-6,10H2,1-4H3. The minimum Gasteiger partial charge on any atom is -0.393 e. The van der Waals surface area contributed by atoms with Gasteiger partial charge in [0.2, 0.25) is 0 Å². The van der Waals surface area contributed by atoms with E-state index in [2.05, 4.69) is 45.9 Å². The molecule has 0 heterocycles. The van der Waals surface area contributed by atoms with Crippen molar-refractivity contribution in [3.05, 3.63) is 34.9 Å². The molecular formula is C15H24O. The Kier molecular flexibility index (Phi) is 5.01. The quantitative estimate of drug-likeness (QED) is 0.803. The Balaban J connectivity index is 2.52. The van der Waals surface area contributed by atoms with Crippen LogP contribution >= 0.6 is 0 Å². The number of hydrogen-bond donors (Lipinski definition) is 1. The monoisotopic (exact) mass is 220 g/mol. The molecule has 0 bridgehead atoms. The summed E-state index contributed by atoms with van der Waals surface area (Å²) in [6, 6.07) is 6.52. The van der Waals surface area contributed by atoms with E-state index in [-0.39, 0.29) is 6.10 Å². The maximum atomic E-state index is 9.93. The number of aryl methyl sites for hydroxylation is 2. The summed E-state index contributed by atoms with van der Waals surface area (Å²) in [7, 11) is 0. The highest BCUT2D eigenvalue weighted by Gasteiger charge is 2.07. The molecule has 1 nitrogen and oxygen atoms in total. The van der Waals surface area contributed by atoms with Crippen LogP contribution in [0.4, 0.5) is 0 Å². The first-order valence-electron chi connectivity index (χ1n) is 6.22.